The van der Waals surface area contributed by atoms with Crippen LogP contribution in [0.1, 0.15) is 44.4 Å². The maximum Gasteiger partial charge on any atom is 0.242 e. The van der Waals surface area contributed by atoms with Gasteiger partial charge in [0.1, 0.15) is 0 Å². The van der Waals surface area contributed by atoms with Gasteiger partial charge in [0.15, 0.2) is 0 Å². The van der Waals surface area contributed by atoms with E-state index >= 15 is 0 Å². The highest BCUT2D eigenvalue weighted by Crippen LogP contribution is 2.28. The van der Waals surface area contributed by atoms with Crippen molar-refractivity contribution in [2.24, 2.45) is 18.9 Å². The Morgan fingerprint density at radius 1 is 1.03 bits per heavy atom. The quantitative estimate of drug-likeness (QED) is 0.648. The Bertz CT molecular complexity index is 809. The fourth-order valence-corrected chi connectivity index (χ4v) is 3.74. The number of rotatable bonds is 9. The number of aryl methyl sites for hydroxylation is 1. The van der Waals surface area contributed by atoms with Crippen LogP contribution >= 0.6 is 0 Å². The summed E-state index contributed by atoms with van der Waals surface area (Å²) >= 11 is 0. The van der Waals surface area contributed by atoms with Crippen LogP contribution in [0.25, 0.3) is 0 Å². The molecule has 2 aromatic rings. The third kappa shape index (κ3) is 5.72. The van der Waals surface area contributed by atoms with E-state index in [0.29, 0.717) is 25.6 Å². The lowest BCUT2D eigenvalue weighted by molar-refractivity contribution is -0.145. The van der Waals surface area contributed by atoms with E-state index in [4.69, 9.17) is 0 Å². The van der Waals surface area contributed by atoms with Crippen molar-refractivity contribution < 1.29 is 9.59 Å². The molecule has 2 amide bonds. The lowest BCUT2D eigenvalue weighted by Crippen LogP contribution is -2.47. The molecule has 3 rings (SSSR count). The molecule has 1 aromatic heterocycles. The molecule has 1 heterocycles. The highest BCUT2D eigenvalue weighted by Gasteiger charge is 2.31. The van der Waals surface area contributed by atoms with E-state index < -0.39 is 0 Å². The normalized spacial score (nSPS) is 13.9. The largest absolute Gasteiger partial charge is 0.353 e. The van der Waals surface area contributed by atoms with Crippen LogP contribution in [0.5, 0.6) is 0 Å². The molecule has 0 radical (unpaired) electrons. The first kappa shape index (κ1) is 21.2. The number of hydrogen-bond acceptors (Lipinski definition) is 2. The maximum atomic E-state index is 13.3. The van der Waals surface area contributed by atoms with Gasteiger partial charge in [-0.15, -0.1) is 0 Å². The van der Waals surface area contributed by atoms with Crippen LogP contribution in [0.3, 0.4) is 0 Å². The molecule has 0 N–H and O–H groups in total. The minimum absolute atomic E-state index is 0.00313. The SMILES string of the molecule is CC(C)CN(CC(=O)N(Cc1ccccc1)Cc1cccn1C)C(=O)C1CCC1. The Kier molecular flexibility index (Phi) is 7.13. The standard InChI is InChI=1S/C24H33N3O2/c1-19(2)15-27(24(29)21-11-7-12-21)18-23(28)26(16-20-9-5-4-6-10-20)17-22-13-8-14-25(22)3/h4-6,8-10,13-14,19,21H,7,11-12,15-18H2,1-3H3. The van der Waals surface area contributed by atoms with Crippen molar-refractivity contribution in [3.8, 4) is 0 Å². The van der Waals surface area contributed by atoms with E-state index in [-0.39, 0.29) is 24.3 Å². The third-order valence-corrected chi connectivity index (χ3v) is 5.65. The Balaban J connectivity index is 1.75. The molecule has 0 atom stereocenters. The summed E-state index contributed by atoms with van der Waals surface area (Å²) in [5.41, 5.74) is 2.17. The second kappa shape index (κ2) is 9.77. The predicted octanol–water partition coefficient (Wildman–Crippen LogP) is 3.84. The van der Waals surface area contributed by atoms with Crippen LogP contribution in [0.4, 0.5) is 0 Å². The fraction of sp³-hybridized carbons (Fsp3) is 0.500. The zero-order valence-corrected chi connectivity index (χ0v) is 17.9. The lowest BCUT2D eigenvalue weighted by Gasteiger charge is -2.34. The molecule has 0 saturated heterocycles. The number of nitrogens with zero attached hydrogens (tertiary/aromatic N) is 3. The first-order valence-electron chi connectivity index (χ1n) is 10.6. The second-order valence-electron chi connectivity index (χ2n) is 8.59. The Hall–Kier alpha value is -2.56. The van der Waals surface area contributed by atoms with Crippen molar-refractivity contribution in [2.45, 2.75) is 46.2 Å². The van der Waals surface area contributed by atoms with Gasteiger partial charge in [-0.05, 0) is 36.5 Å². The van der Waals surface area contributed by atoms with Crippen LogP contribution < -0.4 is 0 Å². The number of amides is 2. The summed E-state index contributed by atoms with van der Waals surface area (Å²) in [5.74, 6) is 0.597. The second-order valence-corrected chi connectivity index (χ2v) is 8.59. The smallest absolute Gasteiger partial charge is 0.242 e. The van der Waals surface area contributed by atoms with Crippen molar-refractivity contribution in [3.05, 3.63) is 59.9 Å². The fourth-order valence-electron chi connectivity index (χ4n) is 3.74. The topological polar surface area (TPSA) is 45.6 Å². The summed E-state index contributed by atoms with van der Waals surface area (Å²) in [6, 6.07) is 14.1. The van der Waals surface area contributed by atoms with Crippen LogP contribution in [-0.2, 0) is 29.7 Å². The molecule has 0 unspecified atom stereocenters. The number of aromatic nitrogens is 1. The zero-order valence-electron chi connectivity index (χ0n) is 17.9. The van der Waals surface area contributed by atoms with E-state index in [0.717, 1.165) is 30.5 Å². The van der Waals surface area contributed by atoms with Gasteiger partial charge < -0.3 is 14.4 Å². The first-order chi connectivity index (χ1) is 13.9. The van der Waals surface area contributed by atoms with Gasteiger partial charge in [-0.25, -0.2) is 0 Å². The van der Waals surface area contributed by atoms with Crippen molar-refractivity contribution in [1.82, 2.24) is 14.4 Å². The molecular weight excluding hydrogens is 362 g/mol. The van der Waals surface area contributed by atoms with E-state index in [1.165, 1.54) is 0 Å². The Labute approximate surface area is 174 Å². The highest BCUT2D eigenvalue weighted by atomic mass is 16.2. The molecule has 1 aliphatic carbocycles. The highest BCUT2D eigenvalue weighted by molar-refractivity contribution is 5.86. The minimum Gasteiger partial charge on any atom is -0.353 e. The van der Waals surface area contributed by atoms with Gasteiger partial charge in [-0.2, -0.15) is 0 Å². The summed E-state index contributed by atoms with van der Waals surface area (Å²) in [6.07, 6.45) is 5.02. The predicted molar refractivity (Wildman–Crippen MR) is 115 cm³/mol. The average Bonchev–Trinajstić information content (AvgIpc) is 3.04. The summed E-state index contributed by atoms with van der Waals surface area (Å²) in [4.78, 5) is 29.9. The molecule has 1 saturated carbocycles. The maximum absolute atomic E-state index is 13.3. The molecule has 29 heavy (non-hydrogen) atoms. The van der Waals surface area contributed by atoms with Gasteiger partial charge in [0.25, 0.3) is 0 Å². The Morgan fingerprint density at radius 2 is 1.76 bits per heavy atom. The average molecular weight is 396 g/mol. The monoisotopic (exact) mass is 395 g/mol. The number of hydrogen-bond donors (Lipinski definition) is 0. The molecule has 5 heteroatoms. The van der Waals surface area contributed by atoms with Gasteiger partial charge in [0, 0.05) is 37.9 Å². The van der Waals surface area contributed by atoms with Gasteiger partial charge in [-0.3, -0.25) is 9.59 Å². The molecule has 1 aromatic carbocycles. The molecule has 0 bridgehead atoms. The summed E-state index contributed by atoms with van der Waals surface area (Å²) in [6.45, 7) is 6.05. The van der Waals surface area contributed by atoms with Crippen molar-refractivity contribution in [1.29, 1.82) is 0 Å². The minimum atomic E-state index is 0.00313. The molecule has 1 fully saturated rings. The van der Waals surface area contributed by atoms with Crippen LogP contribution in [-0.4, -0.2) is 39.3 Å². The van der Waals surface area contributed by atoms with Crippen molar-refractivity contribution >= 4 is 11.8 Å². The zero-order chi connectivity index (χ0) is 20.8. The molecule has 0 spiro atoms. The Morgan fingerprint density at radius 3 is 2.31 bits per heavy atom. The van der Waals surface area contributed by atoms with Crippen LogP contribution in [0, 0.1) is 11.8 Å². The van der Waals surface area contributed by atoms with Gasteiger partial charge in [0.2, 0.25) is 11.8 Å². The molecule has 5 nitrogen and oxygen atoms in total. The van der Waals surface area contributed by atoms with Gasteiger partial charge in [-0.1, -0.05) is 50.6 Å². The van der Waals surface area contributed by atoms with E-state index in [9.17, 15) is 9.59 Å². The molecule has 156 valence electrons. The first-order valence-corrected chi connectivity index (χ1v) is 10.6. The summed E-state index contributed by atoms with van der Waals surface area (Å²) < 4.78 is 2.04. The number of benzene rings is 1. The lowest BCUT2D eigenvalue weighted by atomic mass is 9.84. The van der Waals surface area contributed by atoms with E-state index in [1.807, 2.05) is 65.2 Å². The number of carbonyl (C=O) groups is 2. The van der Waals surface area contributed by atoms with Crippen LogP contribution in [0.15, 0.2) is 48.7 Å². The molecule has 1 aliphatic rings. The summed E-state index contributed by atoms with van der Waals surface area (Å²) in [7, 11) is 1.99. The van der Waals surface area contributed by atoms with Crippen molar-refractivity contribution in [2.75, 3.05) is 13.1 Å². The van der Waals surface area contributed by atoms with Crippen LogP contribution in [0.2, 0.25) is 0 Å². The van der Waals surface area contributed by atoms with E-state index in [2.05, 4.69) is 13.8 Å². The van der Waals surface area contributed by atoms with E-state index in [1.54, 1.807) is 4.90 Å². The van der Waals surface area contributed by atoms with Gasteiger partial charge in [0.05, 0.1) is 13.1 Å². The van der Waals surface area contributed by atoms with Crippen molar-refractivity contribution in [3.63, 3.8) is 0 Å². The van der Waals surface area contributed by atoms with Gasteiger partial charge >= 0.3 is 0 Å². The summed E-state index contributed by atoms with van der Waals surface area (Å²) in [5, 5.41) is 0. The molecular formula is C24H33N3O2. The number of carbonyl (C=O) groups excluding carboxylic acids is 2. The molecule has 0 aliphatic heterocycles. The third-order valence-electron chi connectivity index (χ3n) is 5.65.